The van der Waals surface area contributed by atoms with E-state index in [4.69, 9.17) is 0 Å². The fourth-order valence-electron chi connectivity index (χ4n) is 2.71. The lowest BCUT2D eigenvalue weighted by molar-refractivity contribution is -0.213. The van der Waals surface area contributed by atoms with Gasteiger partial charge in [-0.2, -0.15) is 0 Å². The Hall–Kier alpha value is -2.70. The molecular formula is C18H18O6. The molecule has 0 heterocycles. The van der Waals surface area contributed by atoms with Crippen molar-refractivity contribution in [3.05, 3.63) is 70.8 Å². The zero-order chi connectivity index (χ0) is 18.1. The number of hydrogen-bond donors (Lipinski definition) is 4. The van der Waals surface area contributed by atoms with Crippen LogP contribution in [0.1, 0.15) is 22.3 Å². The van der Waals surface area contributed by atoms with Gasteiger partial charge in [0.05, 0.1) is 0 Å². The van der Waals surface area contributed by atoms with Gasteiger partial charge < -0.3 is 20.4 Å². The van der Waals surface area contributed by atoms with Crippen LogP contribution in [0, 0.1) is 13.8 Å². The average Bonchev–Trinajstić information content (AvgIpc) is 2.52. The summed E-state index contributed by atoms with van der Waals surface area (Å²) in [7, 11) is 0. The summed E-state index contributed by atoms with van der Waals surface area (Å²) in [5.41, 5.74) is -5.35. The monoisotopic (exact) mass is 330 g/mol. The SMILES string of the molecule is Cc1cccc(C(O)(C(=O)O)C(O)(C(=O)O)c2cccc(C)c2)c1. The number of aryl methyl sites for hydroxylation is 2. The van der Waals surface area contributed by atoms with E-state index in [1.807, 2.05) is 0 Å². The molecule has 0 aliphatic carbocycles. The minimum Gasteiger partial charge on any atom is -0.479 e. The second kappa shape index (κ2) is 6.07. The molecule has 6 heteroatoms. The summed E-state index contributed by atoms with van der Waals surface area (Å²) >= 11 is 0. The molecule has 2 atom stereocenters. The van der Waals surface area contributed by atoms with Gasteiger partial charge in [-0.05, 0) is 25.0 Å². The maximum Gasteiger partial charge on any atom is 0.344 e. The van der Waals surface area contributed by atoms with Crippen LogP contribution in [-0.2, 0) is 20.8 Å². The highest BCUT2D eigenvalue weighted by Gasteiger charge is 2.63. The Morgan fingerprint density at radius 3 is 1.33 bits per heavy atom. The molecule has 0 amide bonds. The van der Waals surface area contributed by atoms with E-state index in [1.54, 1.807) is 26.0 Å². The van der Waals surface area contributed by atoms with Crippen molar-refractivity contribution in [1.82, 2.24) is 0 Å². The Balaban J connectivity index is 2.83. The third-order valence-electron chi connectivity index (χ3n) is 4.01. The standard InChI is InChI=1S/C18H18O6/c1-11-5-3-7-13(9-11)17(23,15(19)20)18(24,16(21)22)14-8-4-6-12(2)10-14/h3-10,23-24H,1-2H3,(H,19,20)(H,21,22). The number of benzene rings is 2. The molecule has 24 heavy (non-hydrogen) atoms. The van der Waals surface area contributed by atoms with E-state index in [1.165, 1.54) is 36.4 Å². The van der Waals surface area contributed by atoms with Crippen molar-refractivity contribution in [1.29, 1.82) is 0 Å². The number of carbonyl (C=O) groups is 2. The molecular weight excluding hydrogens is 312 g/mol. The third kappa shape index (κ3) is 2.55. The Morgan fingerprint density at radius 1 is 0.750 bits per heavy atom. The molecule has 126 valence electrons. The Bertz CT molecular complexity index is 732. The molecule has 0 radical (unpaired) electrons. The lowest BCUT2D eigenvalue weighted by atomic mass is 9.72. The van der Waals surface area contributed by atoms with Crippen LogP contribution in [-0.4, -0.2) is 32.4 Å². The predicted molar refractivity (Wildman–Crippen MR) is 85.4 cm³/mol. The molecule has 0 bridgehead atoms. The number of aliphatic hydroxyl groups is 2. The predicted octanol–water partition coefficient (Wildman–Crippen LogP) is 1.55. The fourth-order valence-corrected chi connectivity index (χ4v) is 2.71. The second-order valence-corrected chi connectivity index (χ2v) is 5.77. The van der Waals surface area contributed by atoms with Crippen LogP contribution < -0.4 is 0 Å². The van der Waals surface area contributed by atoms with Crippen molar-refractivity contribution in [3.8, 4) is 0 Å². The minimum atomic E-state index is -3.07. The number of carboxylic acid groups (broad SMARTS) is 2. The lowest BCUT2D eigenvalue weighted by Gasteiger charge is -2.38. The van der Waals surface area contributed by atoms with E-state index in [0.29, 0.717) is 11.1 Å². The minimum absolute atomic E-state index is 0.221. The van der Waals surface area contributed by atoms with E-state index in [0.717, 1.165) is 0 Å². The lowest BCUT2D eigenvalue weighted by Crippen LogP contribution is -2.59. The quantitative estimate of drug-likeness (QED) is 0.661. The van der Waals surface area contributed by atoms with Crippen LogP contribution in [0.15, 0.2) is 48.5 Å². The van der Waals surface area contributed by atoms with Crippen LogP contribution >= 0.6 is 0 Å². The highest BCUT2D eigenvalue weighted by Crippen LogP contribution is 2.42. The first-order valence-corrected chi connectivity index (χ1v) is 7.20. The van der Waals surface area contributed by atoms with E-state index < -0.39 is 23.1 Å². The van der Waals surface area contributed by atoms with Gasteiger partial charge in [-0.25, -0.2) is 9.59 Å². The number of carboxylic acids is 2. The van der Waals surface area contributed by atoms with E-state index in [9.17, 15) is 30.0 Å². The molecule has 4 N–H and O–H groups in total. The van der Waals surface area contributed by atoms with E-state index in [-0.39, 0.29) is 11.1 Å². The topological polar surface area (TPSA) is 115 Å². The van der Waals surface area contributed by atoms with Crippen LogP contribution in [0.2, 0.25) is 0 Å². The van der Waals surface area contributed by atoms with Gasteiger partial charge in [0.25, 0.3) is 0 Å². The van der Waals surface area contributed by atoms with Gasteiger partial charge in [0.15, 0.2) is 0 Å². The van der Waals surface area contributed by atoms with Crippen molar-refractivity contribution in [2.45, 2.75) is 25.0 Å². The first kappa shape index (κ1) is 17.7. The highest BCUT2D eigenvalue weighted by molar-refractivity contribution is 5.92. The second-order valence-electron chi connectivity index (χ2n) is 5.77. The van der Waals surface area contributed by atoms with Crippen LogP contribution in [0.5, 0.6) is 0 Å². The maximum atomic E-state index is 11.9. The summed E-state index contributed by atoms with van der Waals surface area (Å²) in [5.74, 6) is -3.72. The van der Waals surface area contributed by atoms with E-state index >= 15 is 0 Å². The van der Waals surface area contributed by atoms with Crippen molar-refractivity contribution >= 4 is 11.9 Å². The first-order chi connectivity index (χ1) is 11.1. The molecule has 0 saturated heterocycles. The zero-order valence-corrected chi connectivity index (χ0v) is 13.2. The molecule has 2 rings (SSSR count). The summed E-state index contributed by atoms with van der Waals surface area (Å²) in [6.07, 6.45) is 0. The molecule has 0 aromatic heterocycles. The van der Waals surface area contributed by atoms with Crippen molar-refractivity contribution < 1.29 is 30.0 Å². The molecule has 2 aromatic carbocycles. The average molecular weight is 330 g/mol. The van der Waals surface area contributed by atoms with Gasteiger partial charge in [0, 0.05) is 0 Å². The summed E-state index contributed by atoms with van der Waals surface area (Å²) in [4.78, 5) is 23.7. The molecule has 0 saturated carbocycles. The molecule has 0 aliphatic heterocycles. The smallest absolute Gasteiger partial charge is 0.344 e. The van der Waals surface area contributed by atoms with Gasteiger partial charge in [0.1, 0.15) is 0 Å². The molecule has 0 spiro atoms. The normalized spacial score (nSPS) is 16.0. The van der Waals surface area contributed by atoms with Crippen molar-refractivity contribution in [3.63, 3.8) is 0 Å². The Kier molecular flexibility index (Phi) is 4.46. The Labute approximate surface area is 138 Å². The number of aliphatic carboxylic acids is 2. The maximum absolute atomic E-state index is 11.9. The molecule has 0 aliphatic rings. The van der Waals surface area contributed by atoms with Gasteiger partial charge >= 0.3 is 11.9 Å². The summed E-state index contributed by atoms with van der Waals surface area (Å²) in [5, 5.41) is 41.0. The third-order valence-corrected chi connectivity index (χ3v) is 4.01. The van der Waals surface area contributed by atoms with Gasteiger partial charge in [-0.15, -0.1) is 0 Å². The van der Waals surface area contributed by atoms with Crippen molar-refractivity contribution in [2.75, 3.05) is 0 Å². The molecule has 2 aromatic rings. The summed E-state index contributed by atoms with van der Waals surface area (Å²) in [6.45, 7) is 3.33. The molecule has 6 nitrogen and oxygen atoms in total. The van der Waals surface area contributed by atoms with Gasteiger partial charge in [-0.1, -0.05) is 59.7 Å². The van der Waals surface area contributed by atoms with Crippen LogP contribution in [0.25, 0.3) is 0 Å². The number of rotatable bonds is 5. The summed E-state index contributed by atoms with van der Waals surface area (Å²) < 4.78 is 0. The Morgan fingerprint density at radius 2 is 1.08 bits per heavy atom. The van der Waals surface area contributed by atoms with Gasteiger partial charge in [0.2, 0.25) is 11.2 Å². The van der Waals surface area contributed by atoms with Gasteiger partial charge in [-0.3, -0.25) is 0 Å². The largest absolute Gasteiger partial charge is 0.479 e. The highest BCUT2D eigenvalue weighted by atomic mass is 16.5. The first-order valence-electron chi connectivity index (χ1n) is 7.20. The molecule has 2 unspecified atom stereocenters. The van der Waals surface area contributed by atoms with E-state index in [2.05, 4.69) is 0 Å². The van der Waals surface area contributed by atoms with Crippen LogP contribution in [0.3, 0.4) is 0 Å². The fraction of sp³-hybridized carbons (Fsp3) is 0.222. The number of hydrogen-bond acceptors (Lipinski definition) is 4. The van der Waals surface area contributed by atoms with Crippen LogP contribution in [0.4, 0.5) is 0 Å². The van der Waals surface area contributed by atoms with Crippen molar-refractivity contribution in [2.24, 2.45) is 0 Å². The zero-order valence-electron chi connectivity index (χ0n) is 13.2. The summed E-state index contributed by atoms with van der Waals surface area (Å²) in [6, 6.07) is 11.5. The molecule has 0 fully saturated rings.